The number of hydrogen-bond acceptors (Lipinski definition) is 4. The van der Waals surface area contributed by atoms with Gasteiger partial charge in [0.1, 0.15) is 11.6 Å². The highest BCUT2D eigenvalue weighted by molar-refractivity contribution is 6.11. The van der Waals surface area contributed by atoms with Gasteiger partial charge in [0.25, 0.3) is 11.5 Å². The molecular formula is C20H16FN5O2. The summed E-state index contributed by atoms with van der Waals surface area (Å²) in [5.74, 6) is -0.383. The first-order chi connectivity index (χ1) is 13.5. The van der Waals surface area contributed by atoms with Crippen molar-refractivity contribution in [1.82, 2.24) is 19.3 Å². The maximum atomic E-state index is 14.6. The topological polar surface area (TPSA) is 81.8 Å². The highest BCUT2D eigenvalue weighted by Crippen LogP contribution is 2.21. The van der Waals surface area contributed by atoms with E-state index in [1.165, 1.54) is 13.1 Å². The van der Waals surface area contributed by atoms with Crippen molar-refractivity contribution in [1.29, 1.82) is 0 Å². The van der Waals surface area contributed by atoms with Gasteiger partial charge in [-0.1, -0.05) is 18.2 Å². The van der Waals surface area contributed by atoms with Crippen LogP contribution in [-0.4, -0.2) is 25.2 Å². The zero-order chi connectivity index (χ0) is 19.8. The Labute approximate surface area is 159 Å². The lowest BCUT2D eigenvalue weighted by atomic mass is 10.1. The fourth-order valence-corrected chi connectivity index (χ4v) is 3.07. The first-order valence-corrected chi connectivity index (χ1v) is 8.53. The number of carbonyl (C=O) groups excluding carboxylic acids is 1. The Hall–Kier alpha value is -3.81. The number of aromatic nitrogens is 4. The van der Waals surface area contributed by atoms with E-state index in [0.717, 1.165) is 4.68 Å². The van der Waals surface area contributed by atoms with Gasteiger partial charge in [0.2, 0.25) is 0 Å². The molecule has 2 heterocycles. The molecule has 0 saturated carbocycles. The van der Waals surface area contributed by atoms with Gasteiger partial charge in [-0.2, -0.15) is 5.10 Å². The highest BCUT2D eigenvalue weighted by atomic mass is 19.1. The van der Waals surface area contributed by atoms with Crippen LogP contribution < -0.4 is 10.9 Å². The Balaban J connectivity index is 1.69. The summed E-state index contributed by atoms with van der Waals surface area (Å²) in [6.07, 6.45) is 3.24. The molecule has 140 valence electrons. The van der Waals surface area contributed by atoms with E-state index in [-0.39, 0.29) is 16.9 Å². The molecule has 7 nitrogen and oxygen atoms in total. The van der Waals surface area contributed by atoms with E-state index in [9.17, 15) is 14.0 Å². The van der Waals surface area contributed by atoms with Crippen molar-refractivity contribution >= 4 is 22.4 Å². The number of fused-ring (bicyclic) bond motifs is 1. The number of nitrogens with zero attached hydrogens (tertiary/aromatic N) is 4. The van der Waals surface area contributed by atoms with Gasteiger partial charge in [-0.05, 0) is 31.2 Å². The van der Waals surface area contributed by atoms with Crippen molar-refractivity contribution in [3.8, 4) is 5.69 Å². The second-order valence-corrected chi connectivity index (χ2v) is 6.29. The number of rotatable bonds is 3. The van der Waals surface area contributed by atoms with E-state index in [0.29, 0.717) is 22.3 Å². The van der Waals surface area contributed by atoms with Crippen LogP contribution in [0.15, 0.2) is 59.7 Å². The third-order valence-corrected chi connectivity index (χ3v) is 4.46. The molecule has 2 aromatic heterocycles. The molecule has 0 saturated heterocycles. The number of aryl methyl sites for hydroxylation is 2. The van der Waals surface area contributed by atoms with Crippen molar-refractivity contribution in [2.24, 2.45) is 7.05 Å². The van der Waals surface area contributed by atoms with E-state index >= 15 is 0 Å². The molecule has 0 aliphatic carbocycles. The number of hydrogen-bond donors (Lipinski definition) is 1. The summed E-state index contributed by atoms with van der Waals surface area (Å²) in [4.78, 5) is 29.0. The average molecular weight is 377 g/mol. The Morgan fingerprint density at radius 3 is 2.57 bits per heavy atom. The number of nitrogens with one attached hydrogen (secondary N) is 1. The second-order valence-electron chi connectivity index (χ2n) is 6.29. The minimum Gasteiger partial charge on any atom is -0.320 e. The van der Waals surface area contributed by atoms with Crippen LogP contribution in [0, 0.1) is 12.7 Å². The van der Waals surface area contributed by atoms with E-state index in [2.05, 4.69) is 15.4 Å². The standard InChI is InChI=1S/C20H16FN5O2/c1-12-22-9-10-26(12)17-8-7-13(11-16(17)21)23-19(27)18-14-5-3-4-6-15(14)20(28)25(2)24-18/h3-11H,1-2H3,(H,23,27). The summed E-state index contributed by atoms with van der Waals surface area (Å²) in [6, 6.07) is 11.1. The molecule has 0 radical (unpaired) electrons. The van der Waals surface area contributed by atoms with Crippen LogP contribution in [-0.2, 0) is 7.05 Å². The van der Waals surface area contributed by atoms with Gasteiger partial charge in [-0.15, -0.1) is 0 Å². The normalized spacial score (nSPS) is 11.0. The smallest absolute Gasteiger partial charge is 0.276 e. The minimum absolute atomic E-state index is 0.0904. The Morgan fingerprint density at radius 1 is 1.14 bits per heavy atom. The van der Waals surface area contributed by atoms with Gasteiger partial charge in [-0.25, -0.2) is 14.1 Å². The highest BCUT2D eigenvalue weighted by Gasteiger charge is 2.16. The molecular weight excluding hydrogens is 361 g/mol. The first-order valence-electron chi connectivity index (χ1n) is 8.53. The van der Waals surface area contributed by atoms with Gasteiger partial charge in [0, 0.05) is 30.5 Å². The quantitative estimate of drug-likeness (QED) is 0.595. The second kappa shape index (κ2) is 6.73. The molecule has 0 bridgehead atoms. The lowest BCUT2D eigenvalue weighted by Gasteiger charge is -2.11. The van der Waals surface area contributed by atoms with Crippen molar-refractivity contribution in [3.05, 3.63) is 82.5 Å². The Morgan fingerprint density at radius 2 is 1.89 bits per heavy atom. The van der Waals surface area contributed by atoms with Crippen LogP contribution >= 0.6 is 0 Å². The summed E-state index contributed by atoms with van der Waals surface area (Å²) in [5.41, 5.74) is 0.410. The van der Waals surface area contributed by atoms with Crippen LogP contribution in [0.1, 0.15) is 16.3 Å². The maximum Gasteiger partial charge on any atom is 0.276 e. The van der Waals surface area contributed by atoms with E-state index in [1.54, 1.807) is 60.3 Å². The zero-order valence-corrected chi connectivity index (χ0v) is 15.2. The molecule has 1 N–H and O–H groups in total. The summed E-state index contributed by atoms with van der Waals surface area (Å²) in [6.45, 7) is 1.77. The molecule has 0 aliphatic heterocycles. The largest absolute Gasteiger partial charge is 0.320 e. The molecule has 4 rings (SSSR count). The number of carbonyl (C=O) groups is 1. The minimum atomic E-state index is -0.530. The van der Waals surface area contributed by atoms with Gasteiger partial charge in [0.15, 0.2) is 5.69 Å². The van der Waals surface area contributed by atoms with E-state index < -0.39 is 11.7 Å². The van der Waals surface area contributed by atoms with Gasteiger partial charge in [-0.3, -0.25) is 9.59 Å². The number of halogens is 1. The van der Waals surface area contributed by atoms with E-state index in [4.69, 9.17) is 0 Å². The molecule has 0 unspecified atom stereocenters. The average Bonchev–Trinajstić information content (AvgIpc) is 3.10. The fraction of sp³-hybridized carbons (Fsp3) is 0.100. The first kappa shape index (κ1) is 17.6. The van der Waals surface area contributed by atoms with Crippen LogP contribution in [0.25, 0.3) is 16.5 Å². The molecule has 8 heteroatoms. The van der Waals surface area contributed by atoms with Gasteiger partial charge >= 0.3 is 0 Å². The zero-order valence-electron chi connectivity index (χ0n) is 15.2. The van der Waals surface area contributed by atoms with Gasteiger partial charge < -0.3 is 9.88 Å². The van der Waals surface area contributed by atoms with Crippen molar-refractivity contribution in [3.63, 3.8) is 0 Å². The number of benzene rings is 2. The lowest BCUT2D eigenvalue weighted by molar-refractivity contribution is 0.102. The molecule has 4 aromatic rings. The number of amides is 1. The SMILES string of the molecule is Cc1nccn1-c1ccc(NC(=O)c2nn(C)c(=O)c3ccccc23)cc1F. The predicted molar refractivity (Wildman–Crippen MR) is 103 cm³/mol. The van der Waals surface area contributed by atoms with E-state index in [1.807, 2.05) is 0 Å². The molecule has 1 amide bonds. The lowest BCUT2D eigenvalue weighted by Crippen LogP contribution is -2.25. The van der Waals surface area contributed by atoms with Crippen LogP contribution in [0.4, 0.5) is 10.1 Å². The van der Waals surface area contributed by atoms with Crippen LogP contribution in [0.2, 0.25) is 0 Å². The molecule has 0 aliphatic rings. The summed E-state index contributed by atoms with van der Waals surface area (Å²) >= 11 is 0. The predicted octanol–water partition coefficient (Wildman–Crippen LogP) is 2.82. The fourth-order valence-electron chi connectivity index (χ4n) is 3.07. The van der Waals surface area contributed by atoms with Crippen LogP contribution in [0.3, 0.4) is 0 Å². The maximum absolute atomic E-state index is 14.6. The molecule has 2 aromatic carbocycles. The third-order valence-electron chi connectivity index (χ3n) is 4.46. The monoisotopic (exact) mass is 377 g/mol. The molecule has 0 spiro atoms. The van der Waals surface area contributed by atoms with Crippen molar-refractivity contribution in [2.45, 2.75) is 6.92 Å². The summed E-state index contributed by atoms with van der Waals surface area (Å²) in [5, 5.41) is 7.55. The summed E-state index contributed by atoms with van der Waals surface area (Å²) < 4.78 is 17.3. The molecule has 0 atom stereocenters. The van der Waals surface area contributed by atoms with Gasteiger partial charge in [0.05, 0.1) is 11.1 Å². The summed E-state index contributed by atoms with van der Waals surface area (Å²) in [7, 11) is 1.48. The van der Waals surface area contributed by atoms with Crippen molar-refractivity contribution in [2.75, 3.05) is 5.32 Å². The third kappa shape index (κ3) is 2.94. The van der Waals surface area contributed by atoms with Crippen molar-refractivity contribution < 1.29 is 9.18 Å². The molecule has 0 fully saturated rings. The molecule has 28 heavy (non-hydrogen) atoms. The van der Waals surface area contributed by atoms with Crippen LogP contribution in [0.5, 0.6) is 0 Å². The Bertz CT molecular complexity index is 1280. The number of anilines is 1. The number of imidazole rings is 1. The Kier molecular flexibility index (Phi) is 4.23.